The highest BCUT2D eigenvalue weighted by Gasteiger charge is 2.23. The Morgan fingerprint density at radius 1 is 1.14 bits per heavy atom. The summed E-state index contributed by atoms with van der Waals surface area (Å²) in [7, 11) is 1.70. The highest BCUT2D eigenvalue weighted by molar-refractivity contribution is 9.10. The third kappa shape index (κ3) is 3.43. The van der Waals surface area contributed by atoms with Crippen molar-refractivity contribution in [1.82, 2.24) is 9.55 Å². The highest BCUT2D eigenvalue weighted by Crippen LogP contribution is 2.37. The Morgan fingerprint density at radius 2 is 1.97 bits per heavy atom. The Bertz CT molecular complexity index is 1160. The molecular weight excluding hydrogens is 428 g/mol. The van der Waals surface area contributed by atoms with Crippen molar-refractivity contribution in [1.29, 1.82) is 0 Å². The molecule has 29 heavy (non-hydrogen) atoms. The van der Waals surface area contributed by atoms with Gasteiger partial charge in [0.2, 0.25) is 0 Å². The summed E-state index contributed by atoms with van der Waals surface area (Å²) in [6, 6.07) is 16.7. The zero-order valence-corrected chi connectivity index (χ0v) is 18.0. The number of pyridine rings is 1. The number of aromatic nitrogens is 2. The second-order valence-corrected chi connectivity index (χ2v) is 8.36. The van der Waals surface area contributed by atoms with Crippen LogP contribution < -0.4 is 4.74 Å². The van der Waals surface area contributed by atoms with E-state index in [4.69, 9.17) is 14.5 Å². The first-order chi connectivity index (χ1) is 14.2. The molecule has 5 heteroatoms. The molecular formula is C24H23BrN2O2. The van der Waals surface area contributed by atoms with Gasteiger partial charge in [-0.15, -0.1) is 0 Å². The quantitative estimate of drug-likeness (QED) is 0.389. The van der Waals surface area contributed by atoms with E-state index in [1.165, 1.54) is 22.2 Å². The van der Waals surface area contributed by atoms with Crippen LogP contribution in [0.25, 0.3) is 21.8 Å². The standard InChI is InChI=1S/C24H23BrN2O2/c1-28-17-10-8-16(9-11-17)15-27-22(13-18-5-4-12-29-18)23(25)20-14-26-21-7-3-2-6-19(21)24(20)27/h2-3,6-11,14,18H,4-5,12-13,15H2,1H3. The Labute approximate surface area is 178 Å². The minimum absolute atomic E-state index is 0.282. The van der Waals surface area contributed by atoms with Gasteiger partial charge in [-0.3, -0.25) is 4.98 Å². The van der Waals surface area contributed by atoms with E-state index in [9.17, 15) is 0 Å². The number of rotatable bonds is 5. The first-order valence-corrected chi connectivity index (χ1v) is 10.8. The lowest BCUT2D eigenvalue weighted by atomic mass is 10.1. The maximum atomic E-state index is 5.96. The van der Waals surface area contributed by atoms with Gasteiger partial charge in [0.15, 0.2) is 0 Å². The van der Waals surface area contributed by atoms with Gasteiger partial charge in [-0.1, -0.05) is 30.3 Å². The van der Waals surface area contributed by atoms with Crippen LogP contribution >= 0.6 is 15.9 Å². The molecule has 4 nitrogen and oxygen atoms in total. The van der Waals surface area contributed by atoms with Gasteiger partial charge in [-0.2, -0.15) is 0 Å². The van der Waals surface area contributed by atoms with Gasteiger partial charge < -0.3 is 14.0 Å². The van der Waals surface area contributed by atoms with Crippen molar-refractivity contribution < 1.29 is 9.47 Å². The SMILES string of the molecule is COc1ccc(Cn2c(CC3CCCO3)c(Br)c3cnc4ccccc4c32)cc1. The van der Waals surface area contributed by atoms with E-state index in [-0.39, 0.29) is 6.10 Å². The van der Waals surface area contributed by atoms with Crippen molar-refractivity contribution in [2.75, 3.05) is 13.7 Å². The van der Waals surface area contributed by atoms with Crippen LogP contribution in [0.2, 0.25) is 0 Å². The third-order valence-corrected chi connectivity index (χ3v) is 6.66. The Hall–Kier alpha value is -2.37. The molecule has 1 fully saturated rings. The van der Waals surface area contributed by atoms with Gasteiger partial charge in [0.25, 0.3) is 0 Å². The molecule has 1 atom stereocenters. The van der Waals surface area contributed by atoms with Crippen molar-refractivity contribution in [3.05, 3.63) is 70.5 Å². The molecule has 1 unspecified atom stereocenters. The minimum Gasteiger partial charge on any atom is -0.497 e. The molecule has 5 rings (SSSR count). The van der Waals surface area contributed by atoms with E-state index >= 15 is 0 Å². The Kier molecular flexibility index (Phi) is 5.02. The summed E-state index contributed by atoms with van der Waals surface area (Å²) >= 11 is 3.90. The summed E-state index contributed by atoms with van der Waals surface area (Å²) in [4.78, 5) is 4.70. The van der Waals surface area contributed by atoms with Crippen LogP contribution in [0.3, 0.4) is 0 Å². The lowest BCUT2D eigenvalue weighted by Gasteiger charge is -2.15. The lowest BCUT2D eigenvalue weighted by Crippen LogP contribution is -2.14. The fourth-order valence-corrected chi connectivity index (χ4v) is 4.96. The van der Waals surface area contributed by atoms with Crippen LogP contribution in [-0.2, 0) is 17.7 Å². The summed E-state index contributed by atoms with van der Waals surface area (Å²) in [6.07, 6.45) is 5.44. The van der Waals surface area contributed by atoms with Crippen LogP contribution in [-0.4, -0.2) is 29.4 Å². The molecule has 148 valence electrons. The van der Waals surface area contributed by atoms with E-state index in [0.717, 1.165) is 53.5 Å². The predicted molar refractivity (Wildman–Crippen MR) is 120 cm³/mol. The van der Waals surface area contributed by atoms with Crippen LogP contribution in [0.5, 0.6) is 5.75 Å². The maximum absolute atomic E-state index is 5.96. The smallest absolute Gasteiger partial charge is 0.118 e. The molecule has 0 aliphatic carbocycles. The molecule has 0 N–H and O–H groups in total. The minimum atomic E-state index is 0.282. The van der Waals surface area contributed by atoms with Crippen LogP contribution in [0.15, 0.2) is 59.2 Å². The molecule has 2 aromatic heterocycles. The van der Waals surface area contributed by atoms with E-state index in [2.05, 4.69) is 50.8 Å². The average molecular weight is 451 g/mol. The lowest BCUT2D eigenvalue weighted by molar-refractivity contribution is 0.110. The molecule has 3 heterocycles. The van der Waals surface area contributed by atoms with Gasteiger partial charge in [-0.05, 0) is 52.5 Å². The average Bonchev–Trinajstić information content (AvgIpc) is 3.37. The van der Waals surface area contributed by atoms with E-state index in [0.29, 0.717) is 0 Å². The summed E-state index contributed by atoms with van der Waals surface area (Å²) in [5, 5.41) is 2.34. The normalized spacial score (nSPS) is 16.7. The van der Waals surface area contributed by atoms with Gasteiger partial charge in [0.1, 0.15) is 5.75 Å². The summed E-state index contributed by atoms with van der Waals surface area (Å²) in [5.41, 5.74) is 4.77. The molecule has 0 radical (unpaired) electrons. The van der Waals surface area contributed by atoms with Crippen molar-refractivity contribution in [3.8, 4) is 5.75 Å². The van der Waals surface area contributed by atoms with Crippen molar-refractivity contribution in [2.45, 2.75) is 31.9 Å². The zero-order chi connectivity index (χ0) is 19.8. The topological polar surface area (TPSA) is 36.3 Å². The Balaban J connectivity index is 1.69. The van der Waals surface area contributed by atoms with E-state index in [1.807, 2.05) is 24.4 Å². The summed E-state index contributed by atoms with van der Waals surface area (Å²) < 4.78 is 14.9. The largest absolute Gasteiger partial charge is 0.497 e. The van der Waals surface area contributed by atoms with E-state index in [1.54, 1.807) is 7.11 Å². The molecule has 4 aromatic rings. The number of fused-ring (bicyclic) bond motifs is 3. The fourth-order valence-electron chi connectivity index (χ4n) is 4.30. The second kappa shape index (κ2) is 7.81. The first kappa shape index (κ1) is 18.6. The zero-order valence-electron chi connectivity index (χ0n) is 16.4. The maximum Gasteiger partial charge on any atom is 0.118 e. The summed E-state index contributed by atoms with van der Waals surface area (Å²) in [5.74, 6) is 0.876. The van der Waals surface area contributed by atoms with Crippen LogP contribution in [0.1, 0.15) is 24.1 Å². The molecule has 1 aliphatic heterocycles. The van der Waals surface area contributed by atoms with Crippen LogP contribution in [0, 0.1) is 0 Å². The van der Waals surface area contributed by atoms with Crippen LogP contribution in [0.4, 0.5) is 0 Å². The molecule has 0 bridgehead atoms. The number of hydrogen-bond donors (Lipinski definition) is 0. The van der Waals surface area contributed by atoms with E-state index < -0.39 is 0 Å². The van der Waals surface area contributed by atoms with Gasteiger partial charge in [-0.25, -0.2) is 0 Å². The number of halogens is 1. The van der Waals surface area contributed by atoms with Crippen molar-refractivity contribution in [3.63, 3.8) is 0 Å². The van der Waals surface area contributed by atoms with Crippen molar-refractivity contribution in [2.24, 2.45) is 0 Å². The van der Waals surface area contributed by atoms with Crippen molar-refractivity contribution >= 4 is 37.7 Å². The fraction of sp³-hybridized carbons (Fsp3) is 0.292. The number of methoxy groups -OCH3 is 1. The predicted octanol–water partition coefficient (Wildman–Crippen LogP) is 5.73. The molecule has 0 saturated carbocycles. The molecule has 1 aliphatic rings. The number of benzene rings is 2. The highest BCUT2D eigenvalue weighted by atomic mass is 79.9. The summed E-state index contributed by atoms with van der Waals surface area (Å²) in [6.45, 7) is 1.66. The van der Waals surface area contributed by atoms with Gasteiger partial charge >= 0.3 is 0 Å². The first-order valence-electron chi connectivity index (χ1n) is 10.0. The third-order valence-electron chi connectivity index (χ3n) is 5.78. The number of para-hydroxylation sites is 1. The second-order valence-electron chi connectivity index (χ2n) is 7.57. The number of nitrogens with zero attached hydrogens (tertiary/aromatic N) is 2. The molecule has 2 aromatic carbocycles. The van der Waals surface area contributed by atoms with Gasteiger partial charge in [0.05, 0.1) is 24.2 Å². The molecule has 1 saturated heterocycles. The van der Waals surface area contributed by atoms with Gasteiger partial charge in [0, 0.05) is 46.7 Å². The monoisotopic (exact) mass is 450 g/mol. The number of hydrogen-bond acceptors (Lipinski definition) is 3. The molecule has 0 spiro atoms. The number of ether oxygens (including phenoxy) is 2. The Morgan fingerprint density at radius 3 is 2.72 bits per heavy atom. The molecule has 0 amide bonds.